The zero-order valence-corrected chi connectivity index (χ0v) is 17.8. The second kappa shape index (κ2) is 9.78. The lowest BCUT2D eigenvalue weighted by Crippen LogP contribution is -2.07. The molecule has 0 radical (unpaired) electrons. The fraction of sp³-hybridized carbons (Fsp3) is 0.250. The average Bonchev–Trinajstić information content (AvgIpc) is 3.04. The predicted octanol–water partition coefficient (Wildman–Crippen LogP) is 4.40. The summed E-state index contributed by atoms with van der Waals surface area (Å²) in [7, 11) is 1.66. The first-order chi connectivity index (χ1) is 14.5. The van der Waals surface area contributed by atoms with E-state index in [0.717, 1.165) is 34.0 Å². The van der Waals surface area contributed by atoms with Crippen LogP contribution in [-0.2, 0) is 11.3 Å². The topological polar surface area (TPSA) is 64.9 Å². The van der Waals surface area contributed by atoms with Gasteiger partial charge in [-0.1, -0.05) is 24.3 Å². The van der Waals surface area contributed by atoms with Crippen LogP contribution in [0.2, 0.25) is 0 Å². The SMILES string of the molecule is CCOC(=O)c1cccc(-n2c(C)cc(/C=N\NCc3ccccc3OC)c2C)c1. The number of hydrogen-bond donors (Lipinski definition) is 1. The molecule has 3 aromatic rings. The molecule has 6 nitrogen and oxygen atoms in total. The van der Waals surface area contributed by atoms with Crippen LogP contribution in [-0.4, -0.2) is 30.5 Å². The third-order valence-corrected chi connectivity index (χ3v) is 4.84. The molecule has 0 fully saturated rings. The van der Waals surface area contributed by atoms with Crippen LogP contribution >= 0.6 is 0 Å². The number of para-hydroxylation sites is 1. The van der Waals surface area contributed by atoms with E-state index < -0.39 is 0 Å². The predicted molar refractivity (Wildman–Crippen MR) is 119 cm³/mol. The lowest BCUT2D eigenvalue weighted by atomic mass is 10.2. The number of aromatic nitrogens is 1. The standard InChI is InChI=1S/C24H27N3O3/c1-5-30-24(28)19-10-8-11-22(14-19)27-17(2)13-21(18(27)3)16-26-25-15-20-9-6-7-12-23(20)29-4/h6-14,16,25H,5,15H2,1-4H3/b26-16-. The summed E-state index contributed by atoms with van der Waals surface area (Å²) in [6, 6.07) is 17.4. The molecule has 0 aliphatic rings. The van der Waals surface area contributed by atoms with Gasteiger partial charge in [0.25, 0.3) is 0 Å². The summed E-state index contributed by atoms with van der Waals surface area (Å²) in [6.45, 7) is 6.79. The molecule has 2 aromatic carbocycles. The Kier molecular flexibility index (Phi) is 6.91. The summed E-state index contributed by atoms with van der Waals surface area (Å²) in [5, 5.41) is 4.37. The normalized spacial score (nSPS) is 10.9. The Morgan fingerprint density at radius 2 is 1.93 bits per heavy atom. The van der Waals surface area contributed by atoms with E-state index in [4.69, 9.17) is 9.47 Å². The van der Waals surface area contributed by atoms with Gasteiger partial charge in [0.2, 0.25) is 0 Å². The van der Waals surface area contributed by atoms with Crippen molar-refractivity contribution in [2.24, 2.45) is 5.10 Å². The number of benzene rings is 2. The first-order valence-electron chi connectivity index (χ1n) is 9.89. The van der Waals surface area contributed by atoms with E-state index >= 15 is 0 Å². The van der Waals surface area contributed by atoms with Crippen LogP contribution in [0.25, 0.3) is 5.69 Å². The zero-order chi connectivity index (χ0) is 21.5. The number of ether oxygens (including phenoxy) is 2. The minimum absolute atomic E-state index is 0.316. The Labute approximate surface area is 177 Å². The van der Waals surface area contributed by atoms with Crippen molar-refractivity contribution in [1.29, 1.82) is 0 Å². The lowest BCUT2D eigenvalue weighted by Gasteiger charge is -2.11. The molecule has 0 aliphatic heterocycles. The average molecular weight is 405 g/mol. The van der Waals surface area contributed by atoms with Gasteiger partial charge in [-0.05, 0) is 51.1 Å². The van der Waals surface area contributed by atoms with Crippen LogP contribution in [0, 0.1) is 13.8 Å². The number of nitrogens with zero attached hydrogens (tertiary/aromatic N) is 2. The minimum Gasteiger partial charge on any atom is -0.496 e. The van der Waals surface area contributed by atoms with Gasteiger partial charge in [0.1, 0.15) is 5.75 Å². The van der Waals surface area contributed by atoms with Gasteiger partial charge in [0, 0.05) is 28.2 Å². The molecule has 0 saturated heterocycles. The van der Waals surface area contributed by atoms with Crippen molar-refractivity contribution in [2.45, 2.75) is 27.3 Å². The van der Waals surface area contributed by atoms with Crippen LogP contribution < -0.4 is 10.2 Å². The van der Waals surface area contributed by atoms with Gasteiger partial charge in [-0.25, -0.2) is 4.79 Å². The highest BCUT2D eigenvalue weighted by atomic mass is 16.5. The first kappa shape index (κ1) is 21.2. The fourth-order valence-electron chi connectivity index (χ4n) is 3.40. The summed E-state index contributed by atoms with van der Waals surface area (Å²) < 4.78 is 12.6. The molecule has 0 amide bonds. The van der Waals surface area contributed by atoms with Gasteiger partial charge in [0.15, 0.2) is 0 Å². The molecule has 0 atom stereocenters. The molecule has 6 heteroatoms. The van der Waals surface area contributed by atoms with E-state index in [9.17, 15) is 4.79 Å². The van der Waals surface area contributed by atoms with Gasteiger partial charge < -0.3 is 19.5 Å². The third kappa shape index (κ3) is 4.71. The molecule has 0 unspecified atom stereocenters. The highest BCUT2D eigenvalue weighted by Gasteiger charge is 2.12. The Hall–Kier alpha value is -3.54. The summed E-state index contributed by atoms with van der Waals surface area (Å²) in [5.74, 6) is 0.518. The quantitative estimate of drug-likeness (QED) is 0.343. The zero-order valence-electron chi connectivity index (χ0n) is 17.8. The number of hydrogen-bond acceptors (Lipinski definition) is 5. The van der Waals surface area contributed by atoms with Crippen LogP contribution in [0.1, 0.15) is 39.8 Å². The number of nitrogens with one attached hydrogen (secondary N) is 1. The molecule has 1 aromatic heterocycles. The molecule has 0 saturated carbocycles. The Morgan fingerprint density at radius 3 is 2.70 bits per heavy atom. The molecular formula is C24H27N3O3. The third-order valence-electron chi connectivity index (χ3n) is 4.84. The maximum Gasteiger partial charge on any atom is 0.338 e. The molecule has 30 heavy (non-hydrogen) atoms. The maximum absolute atomic E-state index is 12.1. The second-order valence-corrected chi connectivity index (χ2v) is 6.84. The van der Waals surface area contributed by atoms with Crippen molar-refractivity contribution in [2.75, 3.05) is 13.7 Å². The fourth-order valence-corrected chi connectivity index (χ4v) is 3.40. The van der Waals surface area contributed by atoms with Gasteiger partial charge >= 0.3 is 5.97 Å². The van der Waals surface area contributed by atoms with Crippen LogP contribution in [0.5, 0.6) is 5.75 Å². The number of rotatable bonds is 8. The molecule has 1 N–H and O–H groups in total. The smallest absolute Gasteiger partial charge is 0.338 e. The molecular weight excluding hydrogens is 378 g/mol. The van der Waals surface area contributed by atoms with Gasteiger partial charge in [0.05, 0.1) is 32.0 Å². The van der Waals surface area contributed by atoms with Gasteiger partial charge in [-0.2, -0.15) is 5.10 Å². The van der Waals surface area contributed by atoms with Crippen LogP contribution in [0.15, 0.2) is 59.7 Å². The Morgan fingerprint density at radius 1 is 1.13 bits per heavy atom. The largest absolute Gasteiger partial charge is 0.496 e. The van der Waals surface area contributed by atoms with E-state index in [1.165, 1.54) is 0 Å². The van der Waals surface area contributed by atoms with E-state index in [1.807, 2.05) is 62.5 Å². The first-order valence-corrected chi connectivity index (χ1v) is 9.89. The summed E-state index contributed by atoms with van der Waals surface area (Å²) in [5.41, 5.74) is 8.66. The second-order valence-electron chi connectivity index (χ2n) is 6.84. The number of esters is 1. The Balaban J connectivity index is 1.77. The highest BCUT2D eigenvalue weighted by molar-refractivity contribution is 5.90. The summed E-state index contributed by atoms with van der Waals surface area (Å²) >= 11 is 0. The molecule has 0 spiro atoms. The van der Waals surface area contributed by atoms with E-state index in [1.54, 1.807) is 20.1 Å². The van der Waals surface area contributed by atoms with Crippen molar-refractivity contribution >= 4 is 12.2 Å². The summed E-state index contributed by atoms with van der Waals surface area (Å²) in [6.07, 6.45) is 1.81. The van der Waals surface area contributed by atoms with E-state index in [2.05, 4.69) is 21.2 Å². The van der Waals surface area contributed by atoms with Gasteiger partial charge in [-0.3, -0.25) is 0 Å². The number of methoxy groups -OCH3 is 1. The molecule has 156 valence electrons. The lowest BCUT2D eigenvalue weighted by molar-refractivity contribution is 0.0526. The summed E-state index contributed by atoms with van der Waals surface area (Å²) in [4.78, 5) is 12.1. The highest BCUT2D eigenvalue weighted by Crippen LogP contribution is 2.21. The van der Waals surface area contributed by atoms with Gasteiger partial charge in [-0.15, -0.1) is 0 Å². The molecule has 0 aliphatic carbocycles. The number of hydrazone groups is 1. The maximum atomic E-state index is 12.1. The van der Waals surface area contributed by atoms with Crippen LogP contribution in [0.3, 0.4) is 0 Å². The van der Waals surface area contributed by atoms with E-state index in [-0.39, 0.29) is 5.97 Å². The van der Waals surface area contributed by atoms with Crippen molar-refractivity contribution in [3.05, 3.63) is 82.7 Å². The number of carbonyl (C=O) groups excluding carboxylic acids is 1. The minimum atomic E-state index is -0.316. The Bertz CT molecular complexity index is 1050. The molecule has 1 heterocycles. The molecule has 3 rings (SSSR count). The number of carbonyl (C=O) groups is 1. The van der Waals surface area contributed by atoms with Crippen molar-refractivity contribution in [3.8, 4) is 11.4 Å². The van der Waals surface area contributed by atoms with Crippen molar-refractivity contribution in [3.63, 3.8) is 0 Å². The molecule has 0 bridgehead atoms. The monoisotopic (exact) mass is 405 g/mol. The van der Waals surface area contributed by atoms with Crippen molar-refractivity contribution in [1.82, 2.24) is 9.99 Å². The van der Waals surface area contributed by atoms with E-state index in [0.29, 0.717) is 18.7 Å². The van der Waals surface area contributed by atoms with Crippen LogP contribution in [0.4, 0.5) is 0 Å². The number of aryl methyl sites for hydroxylation is 1. The van der Waals surface area contributed by atoms with Crippen molar-refractivity contribution < 1.29 is 14.3 Å².